The molecule has 8 heteroatoms. The number of aryl methyl sites for hydroxylation is 1. The highest BCUT2D eigenvalue weighted by atomic mass is 127. The summed E-state index contributed by atoms with van der Waals surface area (Å²) in [6, 6.07) is 8.47. The number of guanidine groups is 1. The van der Waals surface area contributed by atoms with Gasteiger partial charge in [-0.3, -0.25) is 4.68 Å². The van der Waals surface area contributed by atoms with Crippen LogP contribution < -0.4 is 10.6 Å². The van der Waals surface area contributed by atoms with Crippen molar-refractivity contribution >= 4 is 41.7 Å². The fourth-order valence-corrected chi connectivity index (χ4v) is 2.29. The quantitative estimate of drug-likeness (QED) is 0.309. The first-order chi connectivity index (χ1) is 10.7. The predicted molar refractivity (Wildman–Crippen MR) is 106 cm³/mol. The van der Waals surface area contributed by atoms with Crippen molar-refractivity contribution in [1.29, 1.82) is 0 Å². The average molecular weight is 446 g/mol. The summed E-state index contributed by atoms with van der Waals surface area (Å²) in [4.78, 5) is 10.1. The Kier molecular flexibility index (Phi) is 9.00. The maximum atomic E-state index is 4.60. The third kappa shape index (κ3) is 6.38. The Bertz CT molecular complexity index is 611. The van der Waals surface area contributed by atoms with Crippen LogP contribution in [0.3, 0.4) is 0 Å². The number of thioether (sulfide) groups is 1. The second-order valence-electron chi connectivity index (χ2n) is 4.70. The van der Waals surface area contributed by atoms with Gasteiger partial charge in [0.05, 0.1) is 13.1 Å². The normalized spacial score (nSPS) is 11.0. The predicted octanol–water partition coefficient (Wildman–Crippen LogP) is 2.41. The summed E-state index contributed by atoms with van der Waals surface area (Å²) in [6.45, 7) is 4.10. The highest BCUT2D eigenvalue weighted by Crippen LogP contribution is 2.15. The van der Waals surface area contributed by atoms with Gasteiger partial charge in [0.2, 0.25) is 0 Å². The van der Waals surface area contributed by atoms with Crippen molar-refractivity contribution in [3.05, 3.63) is 42.0 Å². The first kappa shape index (κ1) is 19.8. The molecule has 2 rings (SSSR count). The Morgan fingerprint density at radius 3 is 2.57 bits per heavy atom. The van der Waals surface area contributed by atoms with Crippen LogP contribution in [0.15, 0.2) is 40.5 Å². The van der Waals surface area contributed by atoms with E-state index in [4.69, 9.17) is 0 Å². The van der Waals surface area contributed by atoms with Gasteiger partial charge in [0.1, 0.15) is 12.2 Å². The second kappa shape index (κ2) is 10.5. The molecule has 0 spiro atoms. The van der Waals surface area contributed by atoms with Crippen LogP contribution in [-0.2, 0) is 20.1 Å². The van der Waals surface area contributed by atoms with Crippen LogP contribution >= 0.6 is 35.7 Å². The molecule has 1 aromatic carbocycles. The topological polar surface area (TPSA) is 67.1 Å². The van der Waals surface area contributed by atoms with Crippen molar-refractivity contribution in [3.63, 3.8) is 0 Å². The Labute approximate surface area is 158 Å². The first-order valence-electron chi connectivity index (χ1n) is 7.21. The molecule has 1 heterocycles. The number of rotatable bonds is 6. The van der Waals surface area contributed by atoms with E-state index in [1.165, 1.54) is 10.5 Å². The van der Waals surface area contributed by atoms with Crippen LogP contribution in [0.5, 0.6) is 0 Å². The van der Waals surface area contributed by atoms with Gasteiger partial charge in [0.25, 0.3) is 0 Å². The molecule has 0 saturated heterocycles. The molecule has 1 aromatic heterocycles. The maximum absolute atomic E-state index is 4.60. The minimum absolute atomic E-state index is 0. The van der Waals surface area contributed by atoms with Crippen molar-refractivity contribution in [2.75, 3.05) is 12.8 Å². The average Bonchev–Trinajstić information content (AvgIpc) is 2.96. The van der Waals surface area contributed by atoms with E-state index in [9.17, 15) is 0 Å². The summed E-state index contributed by atoms with van der Waals surface area (Å²) in [5, 5.41) is 10.6. The highest BCUT2D eigenvalue weighted by Gasteiger charge is 2.02. The number of aliphatic imine (C=N–C) groups is 1. The molecule has 0 aliphatic carbocycles. The van der Waals surface area contributed by atoms with E-state index in [0.717, 1.165) is 18.3 Å². The Hall–Kier alpha value is -1.29. The molecule has 2 aromatic rings. The third-order valence-corrected chi connectivity index (χ3v) is 3.89. The van der Waals surface area contributed by atoms with Gasteiger partial charge >= 0.3 is 0 Å². The highest BCUT2D eigenvalue weighted by molar-refractivity contribution is 14.0. The summed E-state index contributed by atoms with van der Waals surface area (Å²) < 4.78 is 1.75. The Balaban J connectivity index is 0.00000264. The van der Waals surface area contributed by atoms with E-state index < -0.39 is 0 Å². The first-order valence-corrected chi connectivity index (χ1v) is 8.43. The van der Waals surface area contributed by atoms with Gasteiger partial charge in [-0.2, -0.15) is 5.10 Å². The molecule has 0 bridgehead atoms. The SMILES string of the molecule is CCNC(=NCc1ccc(SC)cc1)NCc1ncnn1C.I. The van der Waals surface area contributed by atoms with Crippen LogP contribution in [0.25, 0.3) is 0 Å². The molecule has 0 atom stereocenters. The number of hydrogen-bond acceptors (Lipinski definition) is 4. The summed E-state index contributed by atoms with van der Waals surface area (Å²) in [5.41, 5.74) is 1.19. The lowest BCUT2D eigenvalue weighted by Gasteiger charge is -2.11. The molecular formula is C15H23IN6S. The molecule has 0 amide bonds. The van der Waals surface area contributed by atoms with Gasteiger partial charge in [-0.1, -0.05) is 12.1 Å². The summed E-state index contributed by atoms with van der Waals surface area (Å²) >= 11 is 1.74. The minimum atomic E-state index is 0. The molecule has 0 aliphatic heterocycles. The summed E-state index contributed by atoms with van der Waals surface area (Å²) in [6.07, 6.45) is 3.63. The van der Waals surface area contributed by atoms with Gasteiger partial charge in [-0.25, -0.2) is 9.98 Å². The Morgan fingerprint density at radius 1 is 1.26 bits per heavy atom. The van der Waals surface area contributed by atoms with Gasteiger partial charge in [-0.15, -0.1) is 35.7 Å². The van der Waals surface area contributed by atoms with Crippen LogP contribution in [0, 0.1) is 0 Å². The van der Waals surface area contributed by atoms with E-state index >= 15 is 0 Å². The molecule has 0 radical (unpaired) electrons. The minimum Gasteiger partial charge on any atom is -0.357 e. The summed E-state index contributed by atoms with van der Waals surface area (Å²) in [7, 11) is 1.88. The number of nitrogens with zero attached hydrogens (tertiary/aromatic N) is 4. The van der Waals surface area contributed by atoms with Crippen molar-refractivity contribution in [3.8, 4) is 0 Å². The van der Waals surface area contributed by atoms with Crippen molar-refractivity contribution < 1.29 is 0 Å². The molecule has 126 valence electrons. The molecule has 0 fully saturated rings. The largest absolute Gasteiger partial charge is 0.357 e. The second-order valence-corrected chi connectivity index (χ2v) is 5.58. The van der Waals surface area contributed by atoms with E-state index in [2.05, 4.69) is 56.2 Å². The maximum Gasteiger partial charge on any atom is 0.191 e. The molecule has 0 saturated carbocycles. The lowest BCUT2D eigenvalue weighted by Crippen LogP contribution is -2.37. The van der Waals surface area contributed by atoms with Gasteiger partial charge in [-0.05, 0) is 30.9 Å². The van der Waals surface area contributed by atoms with Crippen LogP contribution in [-0.4, -0.2) is 33.5 Å². The molecule has 2 N–H and O–H groups in total. The van der Waals surface area contributed by atoms with E-state index in [-0.39, 0.29) is 24.0 Å². The van der Waals surface area contributed by atoms with Crippen LogP contribution in [0.2, 0.25) is 0 Å². The van der Waals surface area contributed by atoms with Crippen molar-refractivity contribution in [2.24, 2.45) is 12.0 Å². The van der Waals surface area contributed by atoms with Gasteiger partial charge in [0, 0.05) is 18.5 Å². The summed E-state index contributed by atoms with van der Waals surface area (Å²) in [5.74, 6) is 1.65. The zero-order chi connectivity index (χ0) is 15.8. The van der Waals surface area contributed by atoms with Crippen molar-refractivity contribution in [2.45, 2.75) is 24.9 Å². The monoisotopic (exact) mass is 446 g/mol. The smallest absolute Gasteiger partial charge is 0.191 e. The fourth-order valence-electron chi connectivity index (χ4n) is 1.89. The fraction of sp³-hybridized carbons (Fsp3) is 0.400. The van der Waals surface area contributed by atoms with Crippen molar-refractivity contribution in [1.82, 2.24) is 25.4 Å². The lowest BCUT2D eigenvalue weighted by atomic mass is 10.2. The number of halogens is 1. The number of aromatic nitrogens is 3. The lowest BCUT2D eigenvalue weighted by molar-refractivity contribution is 0.673. The van der Waals surface area contributed by atoms with Crippen LogP contribution in [0.1, 0.15) is 18.3 Å². The molecule has 0 unspecified atom stereocenters. The third-order valence-electron chi connectivity index (χ3n) is 3.14. The molecule has 6 nitrogen and oxygen atoms in total. The van der Waals surface area contributed by atoms with E-state index in [1.54, 1.807) is 22.8 Å². The molecule has 23 heavy (non-hydrogen) atoms. The standard InChI is InChI=1S/C15H22N6S.HI/c1-4-16-15(18-10-14-19-11-20-21(14)2)17-9-12-5-7-13(22-3)8-6-12;/h5-8,11H,4,9-10H2,1-3H3,(H2,16,17,18);1H. The van der Waals surface area contributed by atoms with E-state index in [0.29, 0.717) is 13.1 Å². The molecule has 0 aliphatic rings. The van der Waals surface area contributed by atoms with Crippen LogP contribution in [0.4, 0.5) is 0 Å². The Morgan fingerprint density at radius 2 is 2.00 bits per heavy atom. The molecular weight excluding hydrogens is 423 g/mol. The zero-order valence-corrected chi connectivity index (χ0v) is 16.8. The number of nitrogens with one attached hydrogen (secondary N) is 2. The number of benzene rings is 1. The van der Waals surface area contributed by atoms with Gasteiger partial charge < -0.3 is 10.6 Å². The van der Waals surface area contributed by atoms with Gasteiger partial charge in [0.15, 0.2) is 5.96 Å². The zero-order valence-electron chi connectivity index (χ0n) is 13.6. The number of hydrogen-bond donors (Lipinski definition) is 2. The van der Waals surface area contributed by atoms with E-state index in [1.807, 2.05) is 14.0 Å².